The van der Waals surface area contributed by atoms with Gasteiger partial charge in [-0.1, -0.05) is 38.9 Å². The summed E-state index contributed by atoms with van der Waals surface area (Å²) in [6.07, 6.45) is 0. The van der Waals surface area contributed by atoms with Crippen LogP contribution in [-0.4, -0.2) is 41.9 Å². The SMILES string of the molecule is CC(C)CN(CC(C)C)S(=O)(=O)c1ccc(C(=O)Nc2nnc(-c3cccs3)o2)cc1. The zero-order valence-electron chi connectivity index (χ0n) is 17.9. The van der Waals surface area contributed by atoms with E-state index in [1.807, 2.05) is 45.2 Å². The monoisotopic (exact) mass is 462 g/mol. The van der Waals surface area contributed by atoms with Crippen molar-refractivity contribution < 1.29 is 17.6 Å². The van der Waals surface area contributed by atoms with Crippen LogP contribution in [0, 0.1) is 11.8 Å². The summed E-state index contributed by atoms with van der Waals surface area (Å²) in [5.41, 5.74) is 0.286. The minimum absolute atomic E-state index is 0.0230. The first kappa shape index (κ1) is 23.1. The molecule has 8 nitrogen and oxygen atoms in total. The number of amides is 1. The van der Waals surface area contributed by atoms with Crippen molar-refractivity contribution in [3.05, 3.63) is 47.3 Å². The highest BCUT2D eigenvalue weighted by atomic mass is 32.2. The summed E-state index contributed by atoms with van der Waals surface area (Å²) >= 11 is 1.45. The Kier molecular flexibility index (Phi) is 7.24. The van der Waals surface area contributed by atoms with E-state index < -0.39 is 15.9 Å². The smallest absolute Gasteiger partial charge is 0.322 e. The minimum atomic E-state index is -3.65. The van der Waals surface area contributed by atoms with E-state index in [0.717, 1.165) is 4.88 Å². The van der Waals surface area contributed by atoms with E-state index >= 15 is 0 Å². The Balaban J connectivity index is 1.73. The predicted molar refractivity (Wildman–Crippen MR) is 120 cm³/mol. The van der Waals surface area contributed by atoms with Crippen molar-refractivity contribution in [2.24, 2.45) is 11.8 Å². The fourth-order valence-electron chi connectivity index (χ4n) is 2.96. The fourth-order valence-corrected chi connectivity index (χ4v) is 5.37. The molecule has 0 unspecified atom stereocenters. The van der Waals surface area contributed by atoms with E-state index in [1.165, 1.54) is 39.9 Å². The maximum Gasteiger partial charge on any atom is 0.322 e. The lowest BCUT2D eigenvalue weighted by atomic mass is 10.2. The summed E-state index contributed by atoms with van der Waals surface area (Å²) in [7, 11) is -3.65. The lowest BCUT2D eigenvalue weighted by Gasteiger charge is -2.25. The van der Waals surface area contributed by atoms with Crippen molar-refractivity contribution in [3.8, 4) is 10.8 Å². The van der Waals surface area contributed by atoms with Crippen LogP contribution in [-0.2, 0) is 10.0 Å². The third-order valence-electron chi connectivity index (χ3n) is 4.27. The van der Waals surface area contributed by atoms with Gasteiger partial charge >= 0.3 is 6.01 Å². The number of hydrogen-bond donors (Lipinski definition) is 1. The van der Waals surface area contributed by atoms with Gasteiger partial charge in [-0.05, 0) is 47.5 Å². The first-order chi connectivity index (χ1) is 14.7. The maximum absolute atomic E-state index is 13.1. The van der Waals surface area contributed by atoms with E-state index in [0.29, 0.717) is 19.0 Å². The van der Waals surface area contributed by atoms with Crippen molar-refractivity contribution in [2.45, 2.75) is 32.6 Å². The molecule has 0 saturated heterocycles. The van der Waals surface area contributed by atoms with Crippen LogP contribution in [0.15, 0.2) is 51.1 Å². The third kappa shape index (κ3) is 5.78. The fraction of sp³-hybridized carbons (Fsp3) is 0.381. The predicted octanol–water partition coefficient (Wildman–Crippen LogP) is 4.35. The normalized spacial score (nSPS) is 12.1. The first-order valence-corrected chi connectivity index (χ1v) is 12.3. The van der Waals surface area contributed by atoms with Crippen molar-refractivity contribution in [3.63, 3.8) is 0 Å². The second-order valence-electron chi connectivity index (χ2n) is 7.98. The molecule has 166 valence electrons. The molecule has 10 heteroatoms. The molecule has 0 saturated carbocycles. The van der Waals surface area contributed by atoms with Crippen LogP contribution in [0.3, 0.4) is 0 Å². The van der Waals surface area contributed by atoms with Crippen LogP contribution in [0.25, 0.3) is 10.8 Å². The summed E-state index contributed by atoms with van der Waals surface area (Å²) in [5, 5.41) is 12.2. The molecule has 0 atom stereocenters. The molecule has 0 aliphatic heterocycles. The Morgan fingerprint density at radius 1 is 1.06 bits per heavy atom. The maximum atomic E-state index is 13.1. The zero-order valence-corrected chi connectivity index (χ0v) is 19.5. The van der Waals surface area contributed by atoms with Gasteiger partial charge in [-0.3, -0.25) is 10.1 Å². The molecule has 2 aromatic heterocycles. The van der Waals surface area contributed by atoms with Crippen LogP contribution in [0.1, 0.15) is 38.1 Å². The Labute approximate surface area is 186 Å². The minimum Gasteiger partial charge on any atom is -0.402 e. The van der Waals surface area contributed by atoms with Gasteiger partial charge in [-0.15, -0.1) is 16.4 Å². The number of nitrogens with one attached hydrogen (secondary N) is 1. The summed E-state index contributed by atoms with van der Waals surface area (Å²) in [6.45, 7) is 8.81. The van der Waals surface area contributed by atoms with Crippen LogP contribution in [0.2, 0.25) is 0 Å². The number of carbonyl (C=O) groups excluding carboxylic acids is 1. The average Bonchev–Trinajstić information content (AvgIpc) is 3.38. The summed E-state index contributed by atoms with van der Waals surface area (Å²) < 4.78 is 33.1. The summed E-state index contributed by atoms with van der Waals surface area (Å²) in [5.74, 6) is 0.257. The number of hydrogen-bond acceptors (Lipinski definition) is 7. The molecule has 0 aliphatic carbocycles. The highest BCUT2D eigenvalue weighted by Crippen LogP contribution is 2.25. The molecule has 0 radical (unpaired) electrons. The van der Waals surface area contributed by atoms with Gasteiger partial charge in [0.05, 0.1) is 9.77 Å². The van der Waals surface area contributed by atoms with Gasteiger partial charge in [0.25, 0.3) is 11.8 Å². The standard InChI is InChI=1S/C21H26N4O4S2/c1-14(2)12-25(13-15(3)4)31(27,28)17-9-7-16(8-10-17)19(26)22-21-24-23-20(29-21)18-6-5-11-30-18/h5-11,14-15H,12-13H2,1-4H3,(H,22,24,26). The number of thiophene rings is 1. The Bertz CT molecular complexity index is 1090. The van der Waals surface area contributed by atoms with Crippen LogP contribution < -0.4 is 5.32 Å². The largest absolute Gasteiger partial charge is 0.402 e. The quantitative estimate of drug-likeness (QED) is 0.507. The average molecular weight is 463 g/mol. The van der Waals surface area contributed by atoms with Crippen molar-refractivity contribution in [1.29, 1.82) is 0 Å². The lowest BCUT2D eigenvalue weighted by molar-refractivity contribution is 0.102. The first-order valence-electron chi connectivity index (χ1n) is 9.95. The molecule has 3 aromatic rings. The van der Waals surface area contributed by atoms with Gasteiger partial charge in [0.15, 0.2) is 0 Å². The molecular formula is C21H26N4O4S2. The van der Waals surface area contributed by atoms with E-state index in [-0.39, 0.29) is 28.3 Å². The number of aromatic nitrogens is 2. The van der Waals surface area contributed by atoms with E-state index in [9.17, 15) is 13.2 Å². The van der Waals surface area contributed by atoms with Gasteiger partial charge < -0.3 is 4.42 Å². The Morgan fingerprint density at radius 3 is 2.26 bits per heavy atom. The van der Waals surface area contributed by atoms with E-state index in [1.54, 1.807) is 0 Å². The number of benzene rings is 1. The number of anilines is 1. The Hall–Kier alpha value is -2.56. The second kappa shape index (κ2) is 9.71. The molecular weight excluding hydrogens is 436 g/mol. The summed E-state index contributed by atoms with van der Waals surface area (Å²) in [4.78, 5) is 13.5. The number of nitrogens with zero attached hydrogens (tertiary/aromatic N) is 3. The molecule has 0 spiro atoms. The van der Waals surface area contributed by atoms with Crippen molar-refractivity contribution in [1.82, 2.24) is 14.5 Å². The van der Waals surface area contributed by atoms with Crippen molar-refractivity contribution >= 4 is 33.3 Å². The molecule has 3 rings (SSSR count). The van der Waals surface area contributed by atoms with Gasteiger partial charge in [0.2, 0.25) is 10.0 Å². The number of carbonyl (C=O) groups is 1. The van der Waals surface area contributed by atoms with Crippen LogP contribution in [0.5, 0.6) is 0 Å². The third-order valence-corrected chi connectivity index (χ3v) is 6.97. The highest BCUT2D eigenvalue weighted by molar-refractivity contribution is 7.89. The lowest BCUT2D eigenvalue weighted by Crippen LogP contribution is -2.37. The molecule has 0 aliphatic rings. The number of sulfonamides is 1. The summed E-state index contributed by atoms with van der Waals surface area (Å²) in [6, 6.07) is 9.52. The van der Waals surface area contributed by atoms with Crippen molar-refractivity contribution in [2.75, 3.05) is 18.4 Å². The molecule has 0 bridgehead atoms. The van der Waals surface area contributed by atoms with Gasteiger partial charge in [-0.2, -0.15) is 4.31 Å². The van der Waals surface area contributed by atoms with Gasteiger partial charge in [0.1, 0.15) is 0 Å². The van der Waals surface area contributed by atoms with E-state index in [2.05, 4.69) is 15.5 Å². The second-order valence-corrected chi connectivity index (χ2v) is 10.9. The Morgan fingerprint density at radius 2 is 1.71 bits per heavy atom. The highest BCUT2D eigenvalue weighted by Gasteiger charge is 2.26. The molecule has 0 fully saturated rings. The van der Waals surface area contributed by atoms with Crippen LogP contribution in [0.4, 0.5) is 6.01 Å². The molecule has 1 N–H and O–H groups in total. The topological polar surface area (TPSA) is 105 Å². The molecule has 1 amide bonds. The molecule has 1 aromatic carbocycles. The van der Waals surface area contributed by atoms with Gasteiger partial charge in [-0.25, -0.2) is 8.42 Å². The zero-order chi connectivity index (χ0) is 22.6. The number of rotatable bonds is 9. The molecule has 31 heavy (non-hydrogen) atoms. The van der Waals surface area contributed by atoms with Crippen LogP contribution >= 0.6 is 11.3 Å². The van der Waals surface area contributed by atoms with Gasteiger partial charge in [0, 0.05) is 18.7 Å². The molecule has 2 heterocycles. The van der Waals surface area contributed by atoms with E-state index in [4.69, 9.17) is 4.42 Å².